The lowest BCUT2D eigenvalue weighted by Gasteiger charge is -2.02. The van der Waals surface area contributed by atoms with Crippen LogP contribution in [0.4, 0.5) is 11.5 Å². The van der Waals surface area contributed by atoms with E-state index in [9.17, 15) is 15.2 Å². The molecule has 9 heteroatoms. The highest BCUT2D eigenvalue weighted by Crippen LogP contribution is 2.23. The molecule has 0 bridgehead atoms. The van der Waals surface area contributed by atoms with Crippen molar-refractivity contribution in [2.75, 3.05) is 5.43 Å². The Morgan fingerprint density at radius 2 is 2.14 bits per heavy atom. The third-order valence-corrected chi connectivity index (χ3v) is 2.90. The zero-order chi connectivity index (χ0) is 15.4. The number of nitrogens with zero attached hydrogens (tertiary/aromatic N) is 3. The molecule has 7 nitrogen and oxygen atoms in total. The summed E-state index contributed by atoms with van der Waals surface area (Å²) in [5.41, 5.74) is 2.58. The van der Waals surface area contributed by atoms with E-state index in [2.05, 4.69) is 15.5 Å². The number of aromatic nitrogens is 1. The van der Waals surface area contributed by atoms with Crippen LogP contribution in [0.15, 0.2) is 35.6 Å². The molecule has 0 aliphatic carbocycles. The second-order valence-corrected chi connectivity index (χ2v) is 4.70. The van der Waals surface area contributed by atoms with Gasteiger partial charge in [-0.05, 0) is 12.1 Å². The van der Waals surface area contributed by atoms with E-state index < -0.39 is 4.92 Å². The van der Waals surface area contributed by atoms with Crippen molar-refractivity contribution in [1.29, 1.82) is 0 Å². The molecule has 0 spiro atoms. The average Bonchev–Trinajstić information content (AvgIpc) is 2.43. The zero-order valence-electron chi connectivity index (χ0n) is 10.3. The van der Waals surface area contributed by atoms with Crippen molar-refractivity contribution < 1.29 is 10.0 Å². The Hall–Kier alpha value is -2.38. The van der Waals surface area contributed by atoms with E-state index in [-0.39, 0.29) is 27.8 Å². The molecule has 0 unspecified atom stereocenters. The topological polar surface area (TPSA) is 101 Å². The van der Waals surface area contributed by atoms with Crippen molar-refractivity contribution in [3.63, 3.8) is 0 Å². The minimum Gasteiger partial charge on any atom is -0.507 e. The summed E-state index contributed by atoms with van der Waals surface area (Å²) in [6, 6.07) is 5.08. The van der Waals surface area contributed by atoms with E-state index in [1.165, 1.54) is 36.7 Å². The number of nitro groups is 1. The number of nitro benzene ring substituents is 1. The van der Waals surface area contributed by atoms with E-state index in [0.717, 1.165) is 0 Å². The molecule has 2 N–H and O–H groups in total. The molecule has 0 amide bonds. The summed E-state index contributed by atoms with van der Waals surface area (Å²) < 4.78 is 0. The third kappa shape index (κ3) is 3.80. The fourth-order valence-electron chi connectivity index (χ4n) is 1.42. The molecule has 108 valence electrons. The maximum Gasteiger partial charge on any atom is 0.270 e. The first-order valence-corrected chi connectivity index (χ1v) is 6.30. The lowest BCUT2D eigenvalue weighted by Crippen LogP contribution is -1.95. The Morgan fingerprint density at radius 1 is 1.38 bits per heavy atom. The van der Waals surface area contributed by atoms with E-state index in [1.54, 1.807) is 0 Å². The molecule has 0 radical (unpaired) electrons. The van der Waals surface area contributed by atoms with Gasteiger partial charge in [-0.15, -0.1) is 0 Å². The number of benzene rings is 1. The third-order valence-electron chi connectivity index (χ3n) is 2.40. The lowest BCUT2D eigenvalue weighted by atomic mass is 10.2. The molecular formula is C12H8Cl2N4O3. The molecule has 0 saturated carbocycles. The molecule has 0 aliphatic heterocycles. The number of anilines is 1. The highest BCUT2D eigenvalue weighted by Gasteiger charge is 2.08. The molecule has 2 rings (SSSR count). The average molecular weight is 327 g/mol. The van der Waals surface area contributed by atoms with Crippen LogP contribution in [-0.4, -0.2) is 21.2 Å². The van der Waals surface area contributed by atoms with E-state index >= 15 is 0 Å². The van der Waals surface area contributed by atoms with Gasteiger partial charge < -0.3 is 5.11 Å². The van der Waals surface area contributed by atoms with Crippen LogP contribution in [0.2, 0.25) is 10.0 Å². The van der Waals surface area contributed by atoms with Crippen LogP contribution in [-0.2, 0) is 0 Å². The van der Waals surface area contributed by atoms with Gasteiger partial charge in [0, 0.05) is 23.9 Å². The molecule has 0 aliphatic rings. The van der Waals surface area contributed by atoms with Gasteiger partial charge in [0.05, 0.1) is 21.2 Å². The number of halogens is 2. The summed E-state index contributed by atoms with van der Waals surface area (Å²) in [6.45, 7) is 0. The van der Waals surface area contributed by atoms with Gasteiger partial charge in [0.25, 0.3) is 5.69 Å². The number of phenolic OH excluding ortho intramolecular Hbond substituents is 1. The number of hydrogen-bond donors (Lipinski definition) is 2. The first kappa shape index (κ1) is 15.0. The summed E-state index contributed by atoms with van der Waals surface area (Å²) in [6.07, 6.45) is 2.60. The Morgan fingerprint density at radius 3 is 2.81 bits per heavy atom. The van der Waals surface area contributed by atoms with E-state index in [4.69, 9.17) is 23.2 Å². The van der Waals surface area contributed by atoms with Crippen LogP contribution in [0, 0.1) is 10.1 Å². The summed E-state index contributed by atoms with van der Waals surface area (Å²) in [4.78, 5) is 14.0. The molecule has 21 heavy (non-hydrogen) atoms. The molecule has 1 aromatic carbocycles. The molecule has 1 heterocycles. The van der Waals surface area contributed by atoms with Gasteiger partial charge >= 0.3 is 0 Å². The zero-order valence-corrected chi connectivity index (χ0v) is 11.8. The van der Waals surface area contributed by atoms with Crippen LogP contribution in [0.1, 0.15) is 5.56 Å². The molecular weight excluding hydrogens is 319 g/mol. The van der Waals surface area contributed by atoms with Gasteiger partial charge in [0.2, 0.25) is 0 Å². The number of hydrazone groups is 1. The van der Waals surface area contributed by atoms with Crippen LogP contribution in [0.3, 0.4) is 0 Å². The normalized spacial score (nSPS) is 10.8. The molecule has 0 fully saturated rings. The number of hydrogen-bond acceptors (Lipinski definition) is 6. The van der Waals surface area contributed by atoms with Crippen LogP contribution in [0.5, 0.6) is 5.75 Å². The van der Waals surface area contributed by atoms with Gasteiger partial charge in [-0.25, -0.2) is 4.98 Å². The minimum atomic E-state index is -0.568. The summed E-state index contributed by atoms with van der Waals surface area (Å²) in [5, 5.41) is 24.7. The van der Waals surface area contributed by atoms with Gasteiger partial charge in [-0.1, -0.05) is 23.2 Å². The van der Waals surface area contributed by atoms with Gasteiger partial charge in [-0.3, -0.25) is 15.5 Å². The Bertz CT molecular complexity index is 722. The van der Waals surface area contributed by atoms with E-state index in [1.807, 2.05) is 0 Å². The Balaban J connectivity index is 2.17. The molecule has 0 atom stereocenters. The van der Waals surface area contributed by atoms with Crippen molar-refractivity contribution >= 4 is 40.9 Å². The van der Waals surface area contributed by atoms with E-state index in [0.29, 0.717) is 5.02 Å². The molecule has 1 aromatic heterocycles. The standard InChI is InChI=1S/C12H8Cl2N4O3/c13-8-4-10(14)12(15-6-8)17-16-5-7-3-9(18(20)21)1-2-11(7)19/h1-6,19H,(H,15,17)/b16-5-. The van der Waals surface area contributed by atoms with Gasteiger partial charge in [0.1, 0.15) is 5.75 Å². The predicted molar refractivity (Wildman–Crippen MR) is 80.2 cm³/mol. The first-order chi connectivity index (χ1) is 9.97. The SMILES string of the molecule is O=[N+]([O-])c1ccc(O)c(/C=N\Nc2ncc(Cl)cc2Cl)c1. The summed E-state index contributed by atoms with van der Waals surface area (Å²) >= 11 is 11.6. The molecule has 0 saturated heterocycles. The second kappa shape index (κ2) is 6.38. The number of non-ortho nitro benzene ring substituents is 1. The summed E-state index contributed by atoms with van der Waals surface area (Å²) in [7, 11) is 0. The monoisotopic (exact) mass is 326 g/mol. The minimum absolute atomic E-state index is 0.138. The fourth-order valence-corrected chi connectivity index (χ4v) is 1.84. The highest BCUT2D eigenvalue weighted by atomic mass is 35.5. The second-order valence-electron chi connectivity index (χ2n) is 3.85. The maximum absolute atomic E-state index is 10.7. The molecule has 2 aromatic rings. The van der Waals surface area contributed by atoms with Crippen molar-refractivity contribution in [3.8, 4) is 5.75 Å². The van der Waals surface area contributed by atoms with Crippen LogP contribution >= 0.6 is 23.2 Å². The quantitative estimate of drug-likeness (QED) is 0.509. The fraction of sp³-hybridized carbons (Fsp3) is 0. The van der Waals surface area contributed by atoms with Crippen LogP contribution in [0.25, 0.3) is 0 Å². The van der Waals surface area contributed by atoms with Crippen LogP contribution < -0.4 is 5.43 Å². The first-order valence-electron chi connectivity index (χ1n) is 5.55. The van der Waals surface area contributed by atoms with Crippen molar-refractivity contribution in [3.05, 3.63) is 56.2 Å². The number of pyridine rings is 1. The van der Waals surface area contributed by atoms with Crippen molar-refractivity contribution in [2.45, 2.75) is 0 Å². The highest BCUT2D eigenvalue weighted by molar-refractivity contribution is 6.35. The van der Waals surface area contributed by atoms with Gasteiger partial charge in [-0.2, -0.15) is 5.10 Å². The lowest BCUT2D eigenvalue weighted by molar-refractivity contribution is -0.384. The Labute approximate surface area is 129 Å². The maximum atomic E-state index is 10.7. The van der Waals surface area contributed by atoms with Crippen molar-refractivity contribution in [1.82, 2.24) is 4.98 Å². The smallest absolute Gasteiger partial charge is 0.270 e. The number of nitrogens with one attached hydrogen (secondary N) is 1. The number of aromatic hydroxyl groups is 1. The predicted octanol–water partition coefficient (Wildman–Crippen LogP) is 3.45. The van der Waals surface area contributed by atoms with Gasteiger partial charge in [0.15, 0.2) is 5.82 Å². The largest absolute Gasteiger partial charge is 0.507 e. The number of phenols is 1. The number of rotatable bonds is 4. The Kier molecular flexibility index (Phi) is 4.56. The summed E-state index contributed by atoms with van der Waals surface area (Å²) in [5.74, 6) is 0.128. The van der Waals surface area contributed by atoms with Crippen molar-refractivity contribution in [2.24, 2.45) is 5.10 Å².